The molecule has 26 heavy (non-hydrogen) atoms. The molecule has 1 heterocycles. The molecule has 1 atom stereocenters. The first-order valence-corrected chi connectivity index (χ1v) is 9.49. The number of aliphatic hydroxyl groups is 1. The van der Waals surface area contributed by atoms with Crippen molar-refractivity contribution in [3.63, 3.8) is 0 Å². The van der Waals surface area contributed by atoms with E-state index in [0.29, 0.717) is 11.1 Å². The zero-order valence-corrected chi connectivity index (χ0v) is 16.0. The number of carbonyl (C=O) groups excluding carboxylic acids is 1. The van der Waals surface area contributed by atoms with Gasteiger partial charge in [0.15, 0.2) is 0 Å². The summed E-state index contributed by atoms with van der Waals surface area (Å²) < 4.78 is 5.88. The molecule has 0 aliphatic heterocycles. The normalized spacial score (nSPS) is 13.9. The van der Waals surface area contributed by atoms with Crippen LogP contribution in [0.25, 0.3) is 21.9 Å². The van der Waals surface area contributed by atoms with E-state index >= 15 is 0 Å². The molecule has 5 heteroatoms. The molecule has 1 aromatic heterocycles. The van der Waals surface area contributed by atoms with Crippen LogP contribution < -0.4 is 5.32 Å². The molecule has 3 aromatic rings. The minimum absolute atomic E-state index is 0.504. The van der Waals surface area contributed by atoms with Gasteiger partial charge in [0.05, 0.1) is 5.54 Å². The highest BCUT2D eigenvalue weighted by Crippen LogP contribution is 2.41. The molecule has 0 spiro atoms. The van der Waals surface area contributed by atoms with Crippen molar-refractivity contribution in [2.75, 3.05) is 6.26 Å². The van der Waals surface area contributed by atoms with Gasteiger partial charge in [-0.05, 0) is 39.2 Å². The lowest BCUT2D eigenvalue weighted by atomic mass is 9.99. The van der Waals surface area contributed by atoms with Gasteiger partial charge in [-0.15, -0.1) is 17.7 Å². The van der Waals surface area contributed by atoms with Gasteiger partial charge >= 0.3 is 0 Å². The largest absolute Gasteiger partial charge is 0.456 e. The molecule has 0 saturated carbocycles. The van der Waals surface area contributed by atoms with E-state index < -0.39 is 16.4 Å². The number of fused-ring (bicyclic) bond motifs is 3. The van der Waals surface area contributed by atoms with E-state index in [2.05, 4.69) is 17.2 Å². The van der Waals surface area contributed by atoms with E-state index in [1.54, 1.807) is 39.2 Å². The first-order chi connectivity index (χ1) is 12.3. The number of amides is 1. The highest BCUT2D eigenvalue weighted by Gasteiger charge is 2.41. The van der Waals surface area contributed by atoms with Gasteiger partial charge in [-0.3, -0.25) is 4.79 Å². The van der Waals surface area contributed by atoms with Crippen molar-refractivity contribution in [3.05, 3.63) is 48.0 Å². The van der Waals surface area contributed by atoms with Crippen LogP contribution in [0, 0.1) is 11.8 Å². The number of hydrogen-bond acceptors (Lipinski definition) is 4. The molecule has 1 amide bonds. The Kier molecular flexibility index (Phi) is 4.74. The zero-order chi connectivity index (χ0) is 18.9. The van der Waals surface area contributed by atoms with Gasteiger partial charge < -0.3 is 14.8 Å². The molecule has 134 valence electrons. The van der Waals surface area contributed by atoms with Crippen molar-refractivity contribution >= 4 is 39.6 Å². The number of carbonyl (C=O) groups is 1. The average Bonchev–Trinajstić information content (AvgIpc) is 2.99. The van der Waals surface area contributed by atoms with Crippen molar-refractivity contribution in [3.8, 4) is 11.8 Å². The number of furan rings is 1. The van der Waals surface area contributed by atoms with Crippen LogP contribution in [0.4, 0.5) is 0 Å². The molecule has 0 aliphatic rings. The Hall–Kier alpha value is -2.42. The predicted molar refractivity (Wildman–Crippen MR) is 107 cm³/mol. The van der Waals surface area contributed by atoms with Gasteiger partial charge in [0.1, 0.15) is 11.2 Å². The Morgan fingerprint density at radius 2 is 1.85 bits per heavy atom. The minimum atomic E-state index is -1.77. The van der Waals surface area contributed by atoms with E-state index in [1.165, 1.54) is 0 Å². The average molecular weight is 367 g/mol. The van der Waals surface area contributed by atoms with E-state index in [4.69, 9.17) is 4.42 Å². The maximum atomic E-state index is 13.0. The molecule has 0 fully saturated rings. The summed E-state index contributed by atoms with van der Waals surface area (Å²) in [7, 11) is 0. The molecule has 2 N–H and O–H groups in total. The van der Waals surface area contributed by atoms with Gasteiger partial charge in [-0.25, -0.2) is 0 Å². The Morgan fingerprint density at radius 1 is 1.15 bits per heavy atom. The molecule has 0 bridgehead atoms. The van der Waals surface area contributed by atoms with Crippen molar-refractivity contribution in [2.24, 2.45) is 0 Å². The van der Waals surface area contributed by atoms with Crippen LogP contribution in [0.2, 0.25) is 0 Å². The van der Waals surface area contributed by atoms with E-state index in [0.717, 1.165) is 28.1 Å². The lowest BCUT2D eigenvalue weighted by Crippen LogP contribution is -2.50. The quantitative estimate of drug-likeness (QED) is 0.540. The summed E-state index contributed by atoms with van der Waals surface area (Å²) in [6, 6.07) is 13.0. The van der Waals surface area contributed by atoms with Crippen molar-refractivity contribution < 1.29 is 14.3 Å². The third-order valence-electron chi connectivity index (χ3n) is 4.23. The summed E-state index contributed by atoms with van der Waals surface area (Å²) in [6.45, 7) is 5.32. The van der Waals surface area contributed by atoms with Gasteiger partial charge in [0, 0.05) is 16.3 Å². The third-order valence-corrected chi connectivity index (χ3v) is 5.23. The predicted octanol–water partition coefficient (Wildman–Crippen LogP) is 4.01. The smallest absolute Gasteiger partial charge is 0.268 e. The van der Waals surface area contributed by atoms with Gasteiger partial charge in [-0.1, -0.05) is 36.3 Å². The van der Waals surface area contributed by atoms with Crippen LogP contribution in [0.15, 0.2) is 46.9 Å². The zero-order valence-electron chi connectivity index (χ0n) is 15.2. The Bertz CT molecular complexity index is 1040. The molecule has 1 unspecified atom stereocenters. The molecule has 3 rings (SSSR count). The summed E-state index contributed by atoms with van der Waals surface area (Å²) in [5.74, 6) is 5.24. The Balaban J connectivity index is 2.18. The third kappa shape index (κ3) is 3.07. The summed E-state index contributed by atoms with van der Waals surface area (Å²) in [5.41, 5.74) is 1.11. The van der Waals surface area contributed by atoms with Crippen LogP contribution in [0.3, 0.4) is 0 Å². The highest BCUT2D eigenvalue weighted by molar-refractivity contribution is 8.00. The number of rotatable bonds is 4. The second kappa shape index (κ2) is 6.71. The minimum Gasteiger partial charge on any atom is -0.456 e. The monoisotopic (exact) mass is 367 g/mol. The summed E-state index contributed by atoms with van der Waals surface area (Å²) >= 11 is 1.07. The van der Waals surface area contributed by atoms with Gasteiger partial charge in [-0.2, -0.15) is 0 Å². The van der Waals surface area contributed by atoms with Crippen LogP contribution >= 0.6 is 11.8 Å². The molecule has 0 radical (unpaired) electrons. The number of thioether (sulfide) groups is 1. The highest BCUT2D eigenvalue weighted by atomic mass is 32.2. The number of benzene rings is 2. The van der Waals surface area contributed by atoms with Crippen molar-refractivity contribution in [2.45, 2.75) is 31.2 Å². The SMILES string of the molecule is CC#CC(C)(C)NC(=O)C(O)(SC)c1cccc2oc3ccccc3c12. The van der Waals surface area contributed by atoms with Crippen LogP contribution in [-0.4, -0.2) is 22.8 Å². The topological polar surface area (TPSA) is 62.5 Å². The van der Waals surface area contributed by atoms with Gasteiger partial charge in [0.25, 0.3) is 5.91 Å². The molecular weight excluding hydrogens is 346 g/mol. The molecular formula is C21H21NO3S. The fourth-order valence-corrected chi connectivity index (χ4v) is 3.72. The van der Waals surface area contributed by atoms with Gasteiger partial charge in [0.2, 0.25) is 4.93 Å². The fraction of sp³-hybridized carbons (Fsp3) is 0.286. The van der Waals surface area contributed by atoms with Crippen molar-refractivity contribution in [1.82, 2.24) is 5.32 Å². The second-order valence-corrected chi connectivity index (χ2v) is 7.58. The first-order valence-electron chi connectivity index (χ1n) is 8.27. The number of nitrogens with one attached hydrogen (secondary N) is 1. The first kappa shape index (κ1) is 18.4. The molecule has 4 nitrogen and oxygen atoms in total. The molecule has 0 aliphatic carbocycles. The summed E-state index contributed by atoms with van der Waals surface area (Å²) in [5, 5.41) is 15.8. The summed E-state index contributed by atoms with van der Waals surface area (Å²) in [6.07, 6.45) is 1.71. The Morgan fingerprint density at radius 3 is 2.54 bits per heavy atom. The van der Waals surface area contributed by atoms with E-state index in [-0.39, 0.29) is 0 Å². The summed E-state index contributed by atoms with van der Waals surface area (Å²) in [4.78, 5) is 11.2. The van der Waals surface area contributed by atoms with E-state index in [1.807, 2.05) is 30.3 Å². The molecule has 2 aromatic carbocycles. The number of hydrogen-bond donors (Lipinski definition) is 2. The standard InChI is InChI=1S/C21H21NO3S/c1-5-13-20(2,3)22-19(23)21(24,26-4)15-10-8-12-17-18(15)14-9-6-7-11-16(14)25-17/h6-12,24H,1-4H3,(H,22,23). The fourth-order valence-electron chi connectivity index (χ4n) is 3.09. The maximum Gasteiger partial charge on any atom is 0.268 e. The molecule has 0 saturated heterocycles. The lowest BCUT2D eigenvalue weighted by Gasteiger charge is -2.30. The van der Waals surface area contributed by atoms with Crippen LogP contribution in [0.1, 0.15) is 26.3 Å². The van der Waals surface area contributed by atoms with Crippen molar-refractivity contribution in [1.29, 1.82) is 0 Å². The maximum absolute atomic E-state index is 13.0. The van der Waals surface area contributed by atoms with Crippen LogP contribution in [0.5, 0.6) is 0 Å². The lowest BCUT2D eigenvalue weighted by molar-refractivity contribution is -0.133. The van der Waals surface area contributed by atoms with Crippen LogP contribution in [-0.2, 0) is 9.73 Å². The van der Waals surface area contributed by atoms with E-state index in [9.17, 15) is 9.90 Å². The second-order valence-electron chi connectivity index (χ2n) is 6.58. The number of para-hydroxylation sites is 1. The Labute approximate surface area is 157 Å².